The first kappa shape index (κ1) is 12.7. The fraction of sp³-hybridized carbons (Fsp3) is 0.385. The molecule has 1 rings (SSSR count). The van der Waals surface area contributed by atoms with E-state index in [4.69, 9.17) is 16.9 Å². The van der Waals surface area contributed by atoms with Crippen molar-refractivity contribution in [1.29, 1.82) is 5.26 Å². The monoisotopic (exact) mass is 235 g/mol. The smallest absolute Gasteiger partial charge is 0.179 e. The SMILES string of the molecule is CCCCC(C#N)C(=O)c1ccc(Cl)cc1. The molecular weight excluding hydrogens is 222 g/mol. The lowest BCUT2D eigenvalue weighted by molar-refractivity contribution is 0.0943. The molecule has 1 aromatic carbocycles. The average Bonchev–Trinajstić information content (AvgIpc) is 2.30. The Morgan fingerprint density at radius 1 is 1.44 bits per heavy atom. The fourth-order valence-corrected chi connectivity index (χ4v) is 1.60. The van der Waals surface area contributed by atoms with E-state index in [2.05, 4.69) is 6.07 Å². The summed E-state index contributed by atoms with van der Waals surface area (Å²) in [5.74, 6) is -0.631. The van der Waals surface area contributed by atoms with Crippen LogP contribution < -0.4 is 0 Å². The standard InChI is InChI=1S/C13H14ClNO/c1-2-3-4-11(9-15)13(16)10-5-7-12(14)8-6-10/h5-8,11H,2-4H2,1H3. The Hall–Kier alpha value is -1.33. The number of carbonyl (C=O) groups excluding carboxylic acids is 1. The van der Waals surface area contributed by atoms with E-state index in [1.54, 1.807) is 24.3 Å². The highest BCUT2D eigenvalue weighted by Crippen LogP contribution is 2.17. The minimum Gasteiger partial charge on any atom is -0.293 e. The van der Waals surface area contributed by atoms with Gasteiger partial charge in [0, 0.05) is 10.6 Å². The molecule has 0 saturated carbocycles. The van der Waals surface area contributed by atoms with Gasteiger partial charge in [0.25, 0.3) is 0 Å². The summed E-state index contributed by atoms with van der Waals surface area (Å²) in [5, 5.41) is 9.54. The number of nitrogens with zero attached hydrogens (tertiary/aromatic N) is 1. The van der Waals surface area contributed by atoms with Gasteiger partial charge in [-0.3, -0.25) is 4.79 Å². The van der Waals surface area contributed by atoms with E-state index in [9.17, 15) is 4.79 Å². The molecule has 3 heteroatoms. The summed E-state index contributed by atoms with van der Waals surface area (Å²) in [6.45, 7) is 2.04. The molecule has 0 aromatic heterocycles. The summed E-state index contributed by atoms with van der Waals surface area (Å²) < 4.78 is 0. The van der Waals surface area contributed by atoms with Gasteiger partial charge in [-0.25, -0.2) is 0 Å². The second kappa shape index (κ2) is 6.30. The number of unbranched alkanes of at least 4 members (excludes halogenated alkanes) is 1. The van der Waals surface area contributed by atoms with Crippen LogP contribution >= 0.6 is 11.6 Å². The first-order valence-corrected chi connectivity index (χ1v) is 5.76. The molecular formula is C13H14ClNO. The zero-order valence-corrected chi connectivity index (χ0v) is 10.00. The van der Waals surface area contributed by atoms with Gasteiger partial charge < -0.3 is 0 Å². The van der Waals surface area contributed by atoms with Gasteiger partial charge in [-0.2, -0.15) is 5.26 Å². The number of halogens is 1. The third kappa shape index (κ3) is 3.36. The quantitative estimate of drug-likeness (QED) is 0.728. The van der Waals surface area contributed by atoms with Crippen LogP contribution in [0.4, 0.5) is 0 Å². The molecule has 0 N–H and O–H groups in total. The van der Waals surface area contributed by atoms with Gasteiger partial charge in [0.15, 0.2) is 5.78 Å². The second-order valence-electron chi connectivity index (χ2n) is 3.70. The maximum Gasteiger partial charge on any atom is 0.179 e. The number of benzene rings is 1. The maximum absolute atomic E-state index is 11.9. The van der Waals surface area contributed by atoms with Crippen molar-refractivity contribution >= 4 is 17.4 Å². The van der Waals surface area contributed by atoms with Gasteiger partial charge in [0.05, 0.1) is 6.07 Å². The summed E-state index contributed by atoms with van der Waals surface area (Å²) in [6, 6.07) is 8.74. The summed E-state index contributed by atoms with van der Waals surface area (Å²) in [5.41, 5.74) is 0.562. The molecule has 1 atom stereocenters. The molecule has 0 radical (unpaired) electrons. The van der Waals surface area contributed by atoms with Crippen LogP contribution in [0.15, 0.2) is 24.3 Å². The van der Waals surface area contributed by atoms with E-state index >= 15 is 0 Å². The van der Waals surface area contributed by atoms with Gasteiger partial charge in [-0.1, -0.05) is 31.4 Å². The Labute approximate surface area is 101 Å². The van der Waals surface area contributed by atoms with E-state index in [0.717, 1.165) is 12.8 Å². The minimum absolute atomic E-state index is 0.104. The first-order valence-electron chi connectivity index (χ1n) is 5.38. The largest absolute Gasteiger partial charge is 0.293 e. The van der Waals surface area contributed by atoms with Crippen LogP contribution in [0, 0.1) is 17.2 Å². The zero-order chi connectivity index (χ0) is 12.0. The molecule has 0 aliphatic heterocycles. The molecule has 0 heterocycles. The number of hydrogen-bond donors (Lipinski definition) is 0. The van der Waals surface area contributed by atoms with Gasteiger partial charge in [0.2, 0.25) is 0 Å². The van der Waals surface area contributed by atoms with Crippen LogP contribution in [-0.4, -0.2) is 5.78 Å². The lowest BCUT2D eigenvalue weighted by Crippen LogP contribution is -2.12. The molecule has 1 unspecified atom stereocenters. The third-order valence-electron chi connectivity index (χ3n) is 2.45. The number of rotatable bonds is 5. The van der Waals surface area contributed by atoms with Gasteiger partial charge in [0.1, 0.15) is 5.92 Å². The Balaban J connectivity index is 2.76. The number of hydrogen-bond acceptors (Lipinski definition) is 2. The van der Waals surface area contributed by atoms with E-state index in [1.807, 2.05) is 6.92 Å². The van der Waals surface area contributed by atoms with E-state index < -0.39 is 5.92 Å². The summed E-state index contributed by atoms with van der Waals surface area (Å²) in [7, 11) is 0. The predicted octanol–water partition coefficient (Wildman–Crippen LogP) is 3.85. The van der Waals surface area contributed by atoms with Crippen molar-refractivity contribution in [2.45, 2.75) is 26.2 Å². The number of ketones is 1. The molecule has 0 aliphatic rings. The molecule has 2 nitrogen and oxygen atoms in total. The molecule has 0 bridgehead atoms. The molecule has 16 heavy (non-hydrogen) atoms. The summed E-state index contributed by atoms with van der Waals surface area (Å²) >= 11 is 5.74. The number of carbonyl (C=O) groups is 1. The zero-order valence-electron chi connectivity index (χ0n) is 9.24. The van der Waals surface area contributed by atoms with Crippen molar-refractivity contribution in [3.05, 3.63) is 34.9 Å². The highest BCUT2D eigenvalue weighted by Gasteiger charge is 2.18. The highest BCUT2D eigenvalue weighted by molar-refractivity contribution is 6.30. The van der Waals surface area contributed by atoms with Crippen LogP contribution in [0.5, 0.6) is 0 Å². The molecule has 0 spiro atoms. The van der Waals surface area contributed by atoms with E-state index in [1.165, 1.54) is 0 Å². The van der Waals surface area contributed by atoms with Crippen LogP contribution in [0.2, 0.25) is 5.02 Å². The van der Waals surface area contributed by atoms with Crippen molar-refractivity contribution in [2.24, 2.45) is 5.92 Å². The number of Topliss-reactive ketones (excluding diaryl/α,β-unsaturated/α-hetero) is 1. The van der Waals surface area contributed by atoms with Gasteiger partial charge in [-0.15, -0.1) is 0 Å². The number of nitriles is 1. The van der Waals surface area contributed by atoms with Crippen LogP contribution in [0.3, 0.4) is 0 Å². The Morgan fingerprint density at radius 3 is 2.56 bits per heavy atom. The van der Waals surface area contributed by atoms with Crippen molar-refractivity contribution in [3.8, 4) is 6.07 Å². The molecule has 0 amide bonds. The fourth-order valence-electron chi connectivity index (χ4n) is 1.48. The highest BCUT2D eigenvalue weighted by atomic mass is 35.5. The molecule has 84 valence electrons. The van der Waals surface area contributed by atoms with E-state index in [0.29, 0.717) is 17.0 Å². The first-order chi connectivity index (χ1) is 7.69. The minimum atomic E-state index is -0.527. The van der Waals surface area contributed by atoms with Crippen molar-refractivity contribution in [2.75, 3.05) is 0 Å². The van der Waals surface area contributed by atoms with Crippen LogP contribution in [0.1, 0.15) is 36.5 Å². The van der Waals surface area contributed by atoms with Crippen molar-refractivity contribution in [1.82, 2.24) is 0 Å². The van der Waals surface area contributed by atoms with Gasteiger partial charge >= 0.3 is 0 Å². The van der Waals surface area contributed by atoms with Crippen molar-refractivity contribution in [3.63, 3.8) is 0 Å². The predicted molar refractivity (Wildman–Crippen MR) is 64.4 cm³/mol. The van der Waals surface area contributed by atoms with Crippen LogP contribution in [-0.2, 0) is 0 Å². The van der Waals surface area contributed by atoms with E-state index in [-0.39, 0.29) is 5.78 Å². The van der Waals surface area contributed by atoms with Gasteiger partial charge in [-0.05, 0) is 30.7 Å². The summed E-state index contributed by atoms with van der Waals surface area (Å²) in [6.07, 6.45) is 2.53. The maximum atomic E-state index is 11.9. The Morgan fingerprint density at radius 2 is 2.06 bits per heavy atom. The molecule has 0 saturated heterocycles. The Kier molecular flexibility index (Phi) is 5.01. The molecule has 0 aliphatic carbocycles. The van der Waals surface area contributed by atoms with Crippen LogP contribution in [0.25, 0.3) is 0 Å². The van der Waals surface area contributed by atoms with Crippen molar-refractivity contribution < 1.29 is 4.79 Å². The third-order valence-corrected chi connectivity index (χ3v) is 2.70. The second-order valence-corrected chi connectivity index (χ2v) is 4.13. The Bertz CT molecular complexity index is 391. The molecule has 1 aromatic rings. The normalized spacial score (nSPS) is 11.8. The lowest BCUT2D eigenvalue weighted by atomic mass is 9.94. The summed E-state index contributed by atoms with van der Waals surface area (Å²) in [4.78, 5) is 11.9. The average molecular weight is 236 g/mol. The molecule has 0 fully saturated rings. The lowest BCUT2D eigenvalue weighted by Gasteiger charge is -2.07. The topological polar surface area (TPSA) is 40.9 Å².